The van der Waals surface area contributed by atoms with Crippen molar-refractivity contribution in [1.29, 1.82) is 0 Å². The van der Waals surface area contributed by atoms with Crippen molar-refractivity contribution in [3.63, 3.8) is 0 Å². The fraction of sp³-hybridized carbons (Fsp3) is 0.667. The molecule has 6 nitrogen and oxygen atoms in total. The van der Waals surface area contributed by atoms with Crippen LogP contribution in [0, 0.1) is 5.82 Å². The van der Waals surface area contributed by atoms with Gasteiger partial charge in [-0.3, -0.25) is 9.69 Å². The smallest absolute Gasteiger partial charge is 0.246 e. The highest BCUT2D eigenvalue weighted by molar-refractivity contribution is 7.89. The molecule has 1 saturated carbocycles. The molecule has 2 fully saturated rings. The van der Waals surface area contributed by atoms with E-state index >= 15 is 0 Å². The molecule has 1 aliphatic heterocycles. The maximum Gasteiger partial charge on any atom is 0.246 e. The first-order valence-corrected chi connectivity index (χ1v) is 12.1. The number of amides is 1. The summed E-state index contributed by atoms with van der Waals surface area (Å²) in [4.78, 5) is 16.9. The second-order valence-electron chi connectivity index (χ2n) is 7.96. The number of hydrogen-bond donors (Lipinski definition) is 0. The monoisotopic (exact) mass is 425 g/mol. The first kappa shape index (κ1) is 22.2. The van der Waals surface area contributed by atoms with Gasteiger partial charge in [-0.15, -0.1) is 0 Å². The van der Waals surface area contributed by atoms with Crippen LogP contribution in [0.1, 0.15) is 46.0 Å². The minimum atomic E-state index is -3.86. The molecule has 0 aromatic heterocycles. The van der Waals surface area contributed by atoms with Gasteiger partial charge in [-0.1, -0.05) is 31.4 Å². The van der Waals surface area contributed by atoms with E-state index in [-0.39, 0.29) is 29.9 Å². The topological polar surface area (TPSA) is 60.9 Å². The van der Waals surface area contributed by atoms with Crippen molar-refractivity contribution in [2.75, 3.05) is 32.7 Å². The molecule has 0 N–H and O–H groups in total. The van der Waals surface area contributed by atoms with E-state index in [2.05, 4.69) is 0 Å². The molecule has 1 amide bonds. The van der Waals surface area contributed by atoms with Crippen LogP contribution < -0.4 is 0 Å². The third-order valence-electron chi connectivity index (χ3n) is 6.27. The van der Waals surface area contributed by atoms with E-state index in [0.717, 1.165) is 18.9 Å². The maximum atomic E-state index is 14.0. The highest BCUT2D eigenvalue weighted by atomic mass is 32.2. The maximum absolute atomic E-state index is 14.0. The number of piperazine rings is 1. The lowest BCUT2D eigenvalue weighted by Crippen LogP contribution is -2.56. The first-order valence-electron chi connectivity index (χ1n) is 10.7. The molecule has 8 heteroatoms. The van der Waals surface area contributed by atoms with E-state index in [1.54, 1.807) is 0 Å². The Morgan fingerprint density at radius 2 is 1.76 bits per heavy atom. The quantitative estimate of drug-likeness (QED) is 0.703. The van der Waals surface area contributed by atoms with Gasteiger partial charge in [0.15, 0.2) is 0 Å². The van der Waals surface area contributed by atoms with Crippen LogP contribution in [0.25, 0.3) is 0 Å². The number of carbonyl (C=O) groups excluding carboxylic acids is 1. The molecule has 1 aliphatic carbocycles. The summed E-state index contributed by atoms with van der Waals surface area (Å²) in [5.41, 5.74) is 0. The average Bonchev–Trinajstić information content (AvgIpc) is 2.74. The Balaban J connectivity index is 1.62. The number of halogens is 1. The molecule has 29 heavy (non-hydrogen) atoms. The SMILES string of the molecule is CCN(C(=O)[C@H](C)N1CCN(S(=O)(=O)c2ccccc2F)CC1)C1CCCCC1. The van der Waals surface area contributed by atoms with Gasteiger partial charge in [-0.05, 0) is 38.8 Å². The second kappa shape index (κ2) is 9.53. The predicted molar refractivity (Wildman–Crippen MR) is 110 cm³/mol. The standard InChI is InChI=1S/C21H32FN3O3S/c1-3-25(18-9-5-4-6-10-18)21(26)17(2)23-13-15-24(16-14-23)29(27,28)20-12-8-7-11-19(20)22/h7-8,11-12,17-18H,3-6,9-10,13-16H2,1-2H3/t17-/m0/s1. The van der Waals surface area contributed by atoms with Gasteiger partial charge in [-0.25, -0.2) is 12.8 Å². The van der Waals surface area contributed by atoms with Gasteiger partial charge in [-0.2, -0.15) is 4.31 Å². The summed E-state index contributed by atoms with van der Waals surface area (Å²) in [5, 5.41) is 0. The third-order valence-corrected chi connectivity index (χ3v) is 8.20. The molecule has 2 aliphatic rings. The van der Waals surface area contributed by atoms with E-state index in [1.807, 2.05) is 23.6 Å². The van der Waals surface area contributed by atoms with Crippen LogP contribution in [-0.4, -0.2) is 73.2 Å². The molecule has 0 bridgehead atoms. The third kappa shape index (κ3) is 4.81. The molecule has 0 radical (unpaired) electrons. The van der Waals surface area contributed by atoms with Crippen molar-refractivity contribution in [3.05, 3.63) is 30.1 Å². The number of hydrogen-bond acceptors (Lipinski definition) is 4. The van der Waals surface area contributed by atoms with Gasteiger partial charge >= 0.3 is 0 Å². The molecular formula is C21H32FN3O3S. The Bertz CT molecular complexity index is 803. The number of sulfonamides is 1. The average molecular weight is 426 g/mol. The largest absolute Gasteiger partial charge is 0.339 e. The highest BCUT2D eigenvalue weighted by Crippen LogP contribution is 2.25. The second-order valence-corrected chi connectivity index (χ2v) is 9.87. The van der Waals surface area contributed by atoms with Crippen LogP contribution in [0.15, 0.2) is 29.2 Å². The zero-order valence-corrected chi connectivity index (χ0v) is 18.2. The molecule has 1 heterocycles. The summed E-state index contributed by atoms with van der Waals surface area (Å²) in [6.07, 6.45) is 5.74. The van der Waals surface area contributed by atoms with Gasteiger partial charge in [0.2, 0.25) is 15.9 Å². The van der Waals surface area contributed by atoms with Crippen molar-refractivity contribution in [2.24, 2.45) is 0 Å². The van der Waals surface area contributed by atoms with E-state index in [1.165, 1.54) is 41.8 Å². The normalized spacial score (nSPS) is 21.1. The van der Waals surface area contributed by atoms with Crippen molar-refractivity contribution in [2.45, 2.75) is 62.9 Å². The number of benzene rings is 1. The summed E-state index contributed by atoms with van der Waals surface area (Å²) in [7, 11) is -3.86. The molecule has 3 rings (SSSR count). The van der Waals surface area contributed by atoms with E-state index < -0.39 is 15.8 Å². The molecule has 0 spiro atoms. The molecular weight excluding hydrogens is 393 g/mol. The zero-order valence-electron chi connectivity index (χ0n) is 17.4. The zero-order chi connectivity index (χ0) is 21.0. The van der Waals surface area contributed by atoms with Gasteiger partial charge in [0.25, 0.3) is 0 Å². The van der Waals surface area contributed by atoms with Crippen LogP contribution in [0.4, 0.5) is 4.39 Å². The van der Waals surface area contributed by atoms with Crippen LogP contribution in [0.3, 0.4) is 0 Å². The van der Waals surface area contributed by atoms with Gasteiger partial charge < -0.3 is 4.90 Å². The summed E-state index contributed by atoms with van der Waals surface area (Å²) in [5.74, 6) is -0.602. The molecule has 1 aromatic rings. The summed E-state index contributed by atoms with van der Waals surface area (Å²) in [6.45, 7) is 6.07. The molecule has 0 unspecified atom stereocenters. The Morgan fingerprint density at radius 1 is 1.14 bits per heavy atom. The lowest BCUT2D eigenvalue weighted by Gasteiger charge is -2.40. The fourth-order valence-corrected chi connectivity index (χ4v) is 5.99. The van der Waals surface area contributed by atoms with Crippen LogP contribution in [0.2, 0.25) is 0 Å². The van der Waals surface area contributed by atoms with Crippen LogP contribution in [-0.2, 0) is 14.8 Å². The molecule has 1 atom stereocenters. The number of rotatable bonds is 6. The molecule has 1 aromatic carbocycles. The van der Waals surface area contributed by atoms with Crippen molar-refractivity contribution in [3.8, 4) is 0 Å². The summed E-state index contributed by atoms with van der Waals surface area (Å²) in [6, 6.07) is 5.51. The van der Waals surface area contributed by atoms with Gasteiger partial charge in [0.05, 0.1) is 6.04 Å². The number of likely N-dealkylation sites (N-methyl/N-ethyl adjacent to an activating group) is 1. The summed E-state index contributed by atoms with van der Waals surface area (Å²) < 4.78 is 40.8. The van der Waals surface area contributed by atoms with Crippen molar-refractivity contribution >= 4 is 15.9 Å². The van der Waals surface area contributed by atoms with E-state index in [4.69, 9.17) is 0 Å². The van der Waals surface area contributed by atoms with E-state index in [0.29, 0.717) is 25.7 Å². The lowest BCUT2D eigenvalue weighted by molar-refractivity contribution is -0.139. The Morgan fingerprint density at radius 3 is 2.34 bits per heavy atom. The minimum absolute atomic E-state index is 0.129. The predicted octanol–water partition coefficient (Wildman–Crippen LogP) is 2.70. The fourth-order valence-electron chi connectivity index (χ4n) is 4.51. The minimum Gasteiger partial charge on any atom is -0.339 e. The van der Waals surface area contributed by atoms with Gasteiger partial charge in [0, 0.05) is 38.8 Å². The highest BCUT2D eigenvalue weighted by Gasteiger charge is 2.35. The molecule has 162 valence electrons. The van der Waals surface area contributed by atoms with Crippen LogP contribution in [0.5, 0.6) is 0 Å². The van der Waals surface area contributed by atoms with Gasteiger partial charge in [0.1, 0.15) is 10.7 Å². The summed E-state index contributed by atoms with van der Waals surface area (Å²) >= 11 is 0. The molecule has 1 saturated heterocycles. The van der Waals surface area contributed by atoms with Crippen molar-refractivity contribution < 1.29 is 17.6 Å². The Labute approximate surface area is 173 Å². The lowest BCUT2D eigenvalue weighted by atomic mass is 9.93. The number of nitrogens with zero attached hydrogens (tertiary/aromatic N) is 3. The Hall–Kier alpha value is -1.51. The Kier molecular flexibility index (Phi) is 7.29. The van der Waals surface area contributed by atoms with E-state index in [9.17, 15) is 17.6 Å². The first-order chi connectivity index (χ1) is 13.9. The van der Waals surface area contributed by atoms with Crippen molar-refractivity contribution in [1.82, 2.24) is 14.1 Å². The number of carbonyl (C=O) groups is 1. The van der Waals surface area contributed by atoms with Crippen LogP contribution >= 0.6 is 0 Å².